The molecule has 0 amide bonds. The third kappa shape index (κ3) is 6.55. The zero-order chi connectivity index (χ0) is 25.7. The van der Waals surface area contributed by atoms with Crippen molar-refractivity contribution in [3.63, 3.8) is 0 Å². The molecule has 12 nitrogen and oxygen atoms in total. The van der Waals surface area contributed by atoms with Gasteiger partial charge in [-0.1, -0.05) is 0 Å². The highest BCUT2D eigenvalue weighted by atomic mass is 16.6. The number of fused-ring (bicyclic) bond motifs is 1. The highest BCUT2D eigenvalue weighted by Gasteiger charge is 2.62. The Morgan fingerprint density at radius 2 is 0.647 bits per heavy atom. The second-order valence-electron chi connectivity index (χ2n) is 7.98. The monoisotopic (exact) mass is 484 g/mol. The van der Waals surface area contributed by atoms with Gasteiger partial charge in [-0.2, -0.15) is 0 Å². The van der Waals surface area contributed by atoms with Crippen molar-refractivity contribution >= 4 is 35.8 Å². The van der Waals surface area contributed by atoms with Crippen LogP contribution in [0.3, 0.4) is 0 Å². The van der Waals surface area contributed by atoms with Gasteiger partial charge in [0.2, 0.25) is 0 Å². The van der Waals surface area contributed by atoms with Crippen LogP contribution in [0.5, 0.6) is 0 Å². The molecule has 0 spiro atoms. The molecule has 2 aliphatic rings. The van der Waals surface area contributed by atoms with Crippen LogP contribution < -0.4 is 0 Å². The maximum atomic E-state index is 12.0. The number of hydrogen-bond acceptors (Lipinski definition) is 12. The molecule has 0 aromatic carbocycles. The molecular formula is C22H28O12. The van der Waals surface area contributed by atoms with Gasteiger partial charge in [0.05, 0.1) is 11.8 Å². The zero-order valence-electron chi connectivity index (χ0n) is 19.7. The molecule has 0 N–H and O–H groups in total. The Morgan fingerprint density at radius 1 is 0.412 bits per heavy atom. The smallest absolute Gasteiger partial charge is 0.303 e. The summed E-state index contributed by atoms with van der Waals surface area (Å²) in [5.74, 6) is -6.50. The highest BCUT2D eigenvalue weighted by Crippen LogP contribution is 2.45. The van der Waals surface area contributed by atoms with E-state index in [1.54, 1.807) is 0 Å². The van der Waals surface area contributed by atoms with Gasteiger partial charge < -0.3 is 28.4 Å². The topological polar surface area (TPSA) is 158 Å². The minimum Gasteiger partial charge on any atom is -0.458 e. The van der Waals surface area contributed by atoms with E-state index in [0.717, 1.165) is 27.7 Å². The van der Waals surface area contributed by atoms with E-state index < -0.39 is 84.3 Å². The Kier molecular flexibility index (Phi) is 8.77. The molecule has 8 atom stereocenters. The first-order valence-electron chi connectivity index (χ1n) is 10.5. The average Bonchev–Trinajstić information content (AvgIpc) is 2.66. The summed E-state index contributed by atoms with van der Waals surface area (Å²) in [7, 11) is 0. The van der Waals surface area contributed by atoms with Crippen LogP contribution in [-0.4, -0.2) is 72.4 Å². The first kappa shape index (κ1) is 26.8. The first-order valence-corrected chi connectivity index (χ1v) is 10.5. The molecule has 8 unspecified atom stereocenters. The van der Waals surface area contributed by atoms with Crippen molar-refractivity contribution in [2.45, 2.75) is 78.2 Å². The second kappa shape index (κ2) is 11.1. The van der Waals surface area contributed by atoms with Crippen LogP contribution in [0.4, 0.5) is 0 Å². The highest BCUT2D eigenvalue weighted by molar-refractivity contribution is 5.70. The quantitative estimate of drug-likeness (QED) is 0.290. The minimum absolute atomic E-state index is 0.670. The molecule has 12 heteroatoms. The van der Waals surface area contributed by atoms with Crippen molar-refractivity contribution in [1.29, 1.82) is 0 Å². The van der Waals surface area contributed by atoms with E-state index in [1.165, 1.54) is 26.0 Å². The summed E-state index contributed by atoms with van der Waals surface area (Å²) in [6.07, 6.45) is -4.73. The van der Waals surface area contributed by atoms with Gasteiger partial charge in [0.15, 0.2) is 12.2 Å². The van der Waals surface area contributed by atoms with Gasteiger partial charge in [-0.05, 0) is 12.2 Å². The third-order valence-corrected chi connectivity index (χ3v) is 5.24. The summed E-state index contributed by atoms with van der Waals surface area (Å²) in [6.45, 7) is 6.74. The number of carbonyl (C=O) groups is 6. The van der Waals surface area contributed by atoms with E-state index in [2.05, 4.69) is 0 Å². The van der Waals surface area contributed by atoms with E-state index >= 15 is 0 Å². The van der Waals surface area contributed by atoms with Crippen LogP contribution in [0, 0.1) is 11.8 Å². The number of hydrogen-bond donors (Lipinski definition) is 0. The van der Waals surface area contributed by atoms with Gasteiger partial charge in [0, 0.05) is 41.5 Å². The van der Waals surface area contributed by atoms with E-state index in [-0.39, 0.29) is 0 Å². The lowest BCUT2D eigenvalue weighted by molar-refractivity contribution is -0.248. The fourth-order valence-corrected chi connectivity index (χ4v) is 4.48. The predicted molar refractivity (Wildman–Crippen MR) is 109 cm³/mol. The molecule has 0 saturated heterocycles. The maximum absolute atomic E-state index is 12.0. The van der Waals surface area contributed by atoms with Gasteiger partial charge in [0.25, 0.3) is 0 Å². The van der Waals surface area contributed by atoms with Crippen LogP contribution in [0.1, 0.15) is 41.5 Å². The molecule has 2 rings (SSSR count). The second-order valence-corrected chi connectivity index (χ2v) is 7.98. The third-order valence-electron chi connectivity index (χ3n) is 5.24. The van der Waals surface area contributed by atoms with Crippen molar-refractivity contribution in [1.82, 2.24) is 0 Å². The van der Waals surface area contributed by atoms with E-state index in [0.29, 0.717) is 0 Å². The van der Waals surface area contributed by atoms with Crippen molar-refractivity contribution in [2.24, 2.45) is 11.8 Å². The summed E-state index contributed by atoms with van der Waals surface area (Å²) in [5, 5.41) is 0. The maximum Gasteiger partial charge on any atom is 0.303 e. The number of carbonyl (C=O) groups excluding carboxylic acids is 6. The van der Waals surface area contributed by atoms with Crippen LogP contribution in [-0.2, 0) is 57.2 Å². The molecule has 1 fully saturated rings. The van der Waals surface area contributed by atoms with Gasteiger partial charge in [-0.3, -0.25) is 28.8 Å². The molecule has 188 valence electrons. The molecule has 0 bridgehead atoms. The molecule has 0 heterocycles. The fraction of sp³-hybridized carbons (Fsp3) is 0.636. The molecular weight excluding hydrogens is 456 g/mol. The molecule has 2 aliphatic carbocycles. The van der Waals surface area contributed by atoms with Gasteiger partial charge >= 0.3 is 35.8 Å². The van der Waals surface area contributed by atoms with Gasteiger partial charge in [-0.15, -0.1) is 0 Å². The van der Waals surface area contributed by atoms with Crippen molar-refractivity contribution < 1.29 is 57.2 Å². The lowest BCUT2D eigenvalue weighted by Gasteiger charge is -2.52. The van der Waals surface area contributed by atoms with Crippen molar-refractivity contribution in [2.75, 3.05) is 0 Å². The van der Waals surface area contributed by atoms with Gasteiger partial charge in [-0.25, -0.2) is 0 Å². The first-order chi connectivity index (χ1) is 15.8. The minimum atomic E-state index is -1.43. The summed E-state index contributed by atoms with van der Waals surface area (Å²) >= 11 is 0. The molecule has 1 saturated carbocycles. The molecule has 0 aliphatic heterocycles. The molecule has 34 heavy (non-hydrogen) atoms. The standard InChI is InChI=1S/C22H28O12/c1-9(23)29-15-7-8-16(30-10(2)24)18-17(15)19(31-11(3)25)21(33-13(5)27)22(34-14(6)28)20(18)32-12(4)26/h7-8,15-22H,1-6H3. The average molecular weight is 484 g/mol. The predicted octanol–water partition coefficient (Wildman–Crippen LogP) is 0.392. The van der Waals surface area contributed by atoms with Crippen LogP contribution in [0.15, 0.2) is 12.2 Å². The lowest BCUT2D eigenvalue weighted by atomic mass is 9.65. The summed E-state index contributed by atoms with van der Waals surface area (Å²) in [4.78, 5) is 71.6. The number of esters is 6. The van der Waals surface area contributed by atoms with Crippen molar-refractivity contribution in [3.05, 3.63) is 12.2 Å². The molecule has 0 aromatic heterocycles. The van der Waals surface area contributed by atoms with Crippen LogP contribution in [0.25, 0.3) is 0 Å². The Bertz CT molecular complexity index is 807. The summed E-state index contributed by atoms with van der Waals surface area (Å²) in [5.41, 5.74) is 0. The van der Waals surface area contributed by atoms with E-state index in [1.807, 2.05) is 0 Å². The largest absolute Gasteiger partial charge is 0.458 e. The Labute approximate surface area is 195 Å². The number of ether oxygens (including phenoxy) is 6. The van der Waals surface area contributed by atoms with Crippen LogP contribution in [0.2, 0.25) is 0 Å². The Hall–Kier alpha value is -3.44. The van der Waals surface area contributed by atoms with Crippen LogP contribution >= 0.6 is 0 Å². The van der Waals surface area contributed by atoms with E-state index in [4.69, 9.17) is 28.4 Å². The van der Waals surface area contributed by atoms with E-state index in [9.17, 15) is 28.8 Å². The summed E-state index contributed by atoms with van der Waals surface area (Å²) < 4.78 is 32.6. The number of rotatable bonds is 6. The lowest BCUT2D eigenvalue weighted by Crippen LogP contribution is -2.68. The summed E-state index contributed by atoms with van der Waals surface area (Å²) in [6, 6.07) is 0. The Morgan fingerprint density at radius 3 is 0.882 bits per heavy atom. The SMILES string of the molecule is CC(=O)OC1C=CC(OC(C)=O)C2C(OC(C)=O)C(OC(C)=O)C(OC(C)=O)C(OC(C)=O)C12. The normalized spacial score (nSPS) is 31.8. The van der Waals surface area contributed by atoms with Gasteiger partial charge in [0.1, 0.15) is 24.4 Å². The van der Waals surface area contributed by atoms with Crippen molar-refractivity contribution in [3.8, 4) is 0 Å². The Balaban J connectivity index is 2.76. The molecule has 0 aromatic rings. The fourth-order valence-electron chi connectivity index (χ4n) is 4.48. The molecule has 0 radical (unpaired) electrons. The zero-order valence-corrected chi connectivity index (χ0v) is 19.7.